The number of carbonyl (C=O) groups is 1. The second kappa shape index (κ2) is 9.91. The van der Waals surface area contributed by atoms with Gasteiger partial charge in [0, 0.05) is 36.5 Å². The molecule has 2 aliphatic rings. The molecule has 1 aromatic heterocycles. The van der Waals surface area contributed by atoms with Gasteiger partial charge in [-0.2, -0.15) is 4.31 Å². The van der Waals surface area contributed by atoms with Crippen molar-refractivity contribution in [2.75, 3.05) is 13.1 Å². The molecule has 0 spiro atoms. The van der Waals surface area contributed by atoms with E-state index in [2.05, 4.69) is 19.0 Å². The van der Waals surface area contributed by atoms with Gasteiger partial charge in [-0.3, -0.25) is 4.79 Å². The van der Waals surface area contributed by atoms with E-state index in [0.717, 1.165) is 41.1 Å². The van der Waals surface area contributed by atoms with Gasteiger partial charge in [0.05, 0.1) is 10.6 Å². The van der Waals surface area contributed by atoms with Crippen LogP contribution in [-0.2, 0) is 39.0 Å². The Morgan fingerprint density at radius 3 is 2.41 bits per heavy atom. The highest BCUT2D eigenvalue weighted by Gasteiger charge is 2.37. The van der Waals surface area contributed by atoms with Crippen molar-refractivity contribution in [3.63, 3.8) is 0 Å². The number of hydrogen-bond acceptors (Lipinski definition) is 5. The SMILES string of the molecule is Cc1c(Cc2ccccc2S(=O)(=O)N2CCCC2)c2c(n1CC(=O)O)CC(C)(C)C/C2=N\OC(C)(C)C. The molecule has 1 fully saturated rings. The third kappa shape index (κ3) is 5.77. The zero-order valence-corrected chi connectivity index (χ0v) is 23.6. The molecule has 0 bridgehead atoms. The Labute approximate surface area is 220 Å². The van der Waals surface area contributed by atoms with Crippen molar-refractivity contribution in [2.24, 2.45) is 10.6 Å². The molecule has 0 radical (unpaired) electrons. The van der Waals surface area contributed by atoms with E-state index >= 15 is 0 Å². The summed E-state index contributed by atoms with van der Waals surface area (Å²) in [4.78, 5) is 18.0. The fraction of sp³-hybridized carbons (Fsp3) is 0.571. The number of rotatable bonds is 7. The van der Waals surface area contributed by atoms with Crippen LogP contribution in [0, 0.1) is 12.3 Å². The van der Waals surface area contributed by atoms with Crippen molar-refractivity contribution in [1.82, 2.24) is 8.87 Å². The highest BCUT2D eigenvalue weighted by Crippen LogP contribution is 2.40. The summed E-state index contributed by atoms with van der Waals surface area (Å²) in [5.74, 6) is -0.919. The fourth-order valence-electron chi connectivity index (χ4n) is 5.43. The topological polar surface area (TPSA) is 101 Å². The Balaban J connectivity index is 1.88. The molecule has 0 saturated carbocycles. The molecule has 2 aromatic rings. The van der Waals surface area contributed by atoms with Crippen molar-refractivity contribution in [3.05, 3.63) is 52.3 Å². The summed E-state index contributed by atoms with van der Waals surface area (Å²) in [7, 11) is -3.62. The van der Waals surface area contributed by atoms with Gasteiger partial charge in [-0.15, -0.1) is 0 Å². The lowest BCUT2D eigenvalue weighted by molar-refractivity contribution is -0.137. The van der Waals surface area contributed by atoms with E-state index in [1.807, 2.05) is 44.4 Å². The summed E-state index contributed by atoms with van der Waals surface area (Å²) in [6.07, 6.45) is 3.47. The minimum atomic E-state index is -3.62. The highest BCUT2D eigenvalue weighted by molar-refractivity contribution is 7.89. The molecule has 1 aliphatic carbocycles. The molecule has 0 atom stereocenters. The number of carboxylic acids is 1. The normalized spacial score (nSPS) is 19.2. The minimum absolute atomic E-state index is 0.137. The van der Waals surface area contributed by atoms with Gasteiger partial charge < -0.3 is 14.5 Å². The van der Waals surface area contributed by atoms with Crippen LogP contribution in [0.15, 0.2) is 34.3 Å². The molecular formula is C28H39N3O5S. The molecule has 2 heterocycles. The maximum Gasteiger partial charge on any atom is 0.323 e. The highest BCUT2D eigenvalue weighted by atomic mass is 32.2. The van der Waals surface area contributed by atoms with E-state index in [1.165, 1.54) is 0 Å². The van der Waals surface area contributed by atoms with Gasteiger partial charge in [-0.25, -0.2) is 8.42 Å². The molecule has 8 nitrogen and oxygen atoms in total. The van der Waals surface area contributed by atoms with Crippen LogP contribution in [0.25, 0.3) is 0 Å². The summed E-state index contributed by atoms with van der Waals surface area (Å²) in [5, 5.41) is 14.3. The van der Waals surface area contributed by atoms with Crippen LogP contribution in [0.1, 0.15) is 82.0 Å². The molecule has 1 N–H and O–H groups in total. The lowest BCUT2D eigenvalue weighted by atomic mass is 9.74. The van der Waals surface area contributed by atoms with Crippen LogP contribution in [-0.4, -0.2) is 52.8 Å². The van der Waals surface area contributed by atoms with Crippen molar-refractivity contribution in [3.8, 4) is 0 Å². The summed E-state index contributed by atoms with van der Waals surface area (Å²) in [5.41, 5.74) is 4.41. The summed E-state index contributed by atoms with van der Waals surface area (Å²) >= 11 is 0. The van der Waals surface area contributed by atoms with Gasteiger partial charge in [0.2, 0.25) is 10.0 Å². The lowest BCUT2D eigenvalue weighted by Crippen LogP contribution is -2.30. The van der Waals surface area contributed by atoms with Gasteiger partial charge in [-0.1, -0.05) is 37.2 Å². The molecular weight excluding hydrogens is 490 g/mol. The Bertz CT molecular complexity index is 1330. The smallest absolute Gasteiger partial charge is 0.323 e. The molecule has 202 valence electrons. The van der Waals surface area contributed by atoms with Crippen molar-refractivity contribution >= 4 is 21.7 Å². The Hall–Kier alpha value is -2.65. The summed E-state index contributed by atoms with van der Waals surface area (Å²) < 4.78 is 30.5. The van der Waals surface area contributed by atoms with Crippen LogP contribution in [0.4, 0.5) is 0 Å². The number of aromatic nitrogens is 1. The predicted molar refractivity (Wildman–Crippen MR) is 144 cm³/mol. The molecule has 9 heteroatoms. The number of benzene rings is 1. The zero-order chi connectivity index (χ0) is 27.2. The molecule has 4 rings (SSSR count). The Morgan fingerprint density at radius 1 is 1.14 bits per heavy atom. The van der Waals surface area contributed by atoms with E-state index in [0.29, 0.717) is 42.8 Å². The average Bonchev–Trinajstić information content (AvgIpc) is 3.41. The van der Waals surface area contributed by atoms with Crippen molar-refractivity contribution in [2.45, 2.75) is 90.7 Å². The first-order valence-corrected chi connectivity index (χ1v) is 14.4. The number of carboxylic acid groups (broad SMARTS) is 1. The number of sulfonamides is 1. The third-order valence-corrected chi connectivity index (χ3v) is 9.08. The van der Waals surface area contributed by atoms with Crippen LogP contribution < -0.4 is 0 Å². The van der Waals surface area contributed by atoms with Gasteiger partial charge in [0.15, 0.2) is 0 Å². The van der Waals surface area contributed by atoms with Crippen LogP contribution >= 0.6 is 0 Å². The first-order valence-electron chi connectivity index (χ1n) is 13.0. The van der Waals surface area contributed by atoms with Gasteiger partial charge in [0.1, 0.15) is 12.1 Å². The lowest BCUT2D eigenvalue weighted by Gasteiger charge is -2.32. The molecule has 1 aliphatic heterocycles. The Morgan fingerprint density at radius 2 is 1.78 bits per heavy atom. The van der Waals surface area contributed by atoms with Crippen LogP contribution in [0.2, 0.25) is 0 Å². The van der Waals surface area contributed by atoms with Crippen LogP contribution in [0.5, 0.6) is 0 Å². The van der Waals surface area contributed by atoms with E-state index in [9.17, 15) is 18.3 Å². The second-order valence-electron chi connectivity index (χ2n) is 12.0. The largest absolute Gasteiger partial charge is 0.480 e. The summed E-state index contributed by atoms with van der Waals surface area (Å²) in [6, 6.07) is 7.16. The zero-order valence-electron chi connectivity index (χ0n) is 22.8. The van der Waals surface area contributed by atoms with E-state index in [-0.39, 0.29) is 12.0 Å². The van der Waals surface area contributed by atoms with E-state index in [1.54, 1.807) is 16.4 Å². The minimum Gasteiger partial charge on any atom is -0.480 e. The number of fused-ring (bicyclic) bond motifs is 1. The first kappa shape index (κ1) is 27.4. The van der Waals surface area contributed by atoms with Crippen molar-refractivity contribution < 1.29 is 23.2 Å². The third-order valence-electron chi connectivity index (χ3n) is 7.08. The molecule has 0 amide bonds. The Kier molecular flexibility index (Phi) is 7.33. The van der Waals surface area contributed by atoms with E-state index < -0.39 is 21.6 Å². The fourth-order valence-corrected chi connectivity index (χ4v) is 7.17. The molecule has 1 aromatic carbocycles. The number of aliphatic carboxylic acids is 1. The number of oxime groups is 1. The monoisotopic (exact) mass is 529 g/mol. The number of hydrogen-bond donors (Lipinski definition) is 1. The van der Waals surface area contributed by atoms with Crippen molar-refractivity contribution in [1.29, 1.82) is 0 Å². The van der Waals surface area contributed by atoms with Gasteiger partial charge >= 0.3 is 5.97 Å². The van der Waals surface area contributed by atoms with Gasteiger partial charge in [0.25, 0.3) is 0 Å². The average molecular weight is 530 g/mol. The predicted octanol–water partition coefficient (Wildman–Crippen LogP) is 4.75. The maximum atomic E-state index is 13.5. The maximum absolute atomic E-state index is 13.5. The molecule has 0 unspecified atom stereocenters. The second-order valence-corrected chi connectivity index (χ2v) is 13.9. The molecule has 37 heavy (non-hydrogen) atoms. The standard InChI is InChI=1S/C28H39N3O5S/c1-19-21(15-20-11-7-8-12-24(20)37(34,35)30-13-9-10-14-30)26-22(29-36-27(2,3)4)16-28(5,6)17-23(26)31(19)18-25(32)33/h7-8,11-12H,9-10,13-18H2,1-6H3,(H,32,33)/b29-22+. The quantitative estimate of drug-likeness (QED) is 0.522. The van der Waals surface area contributed by atoms with E-state index in [4.69, 9.17) is 4.84 Å². The summed E-state index contributed by atoms with van der Waals surface area (Å²) in [6.45, 7) is 12.9. The first-order chi connectivity index (χ1) is 17.2. The molecule has 1 saturated heterocycles. The number of nitrogens with zero attached hydrogens (tertiary/aromatic N) is 3. The van der Waals surface area contributed by atoms with Gasteiger partial charge in [-0.05, 0) is 76.0 Å². The van der Waals surface area contributed by atoms with Crippen LogP contribution in [0.3, 0.4) is 0 Å².